The van der Waals surface area contributed by atoms with Crippen molar-refractivity contribution in [3.8, 4) is 0 Å². The summed E-state index contributed by atoms with van der Waals surface area (Å²) in [5.74, 6) is -4.31. The average molecular weight is 333 g/mol. The Kier molecular flexibility index (Phi) is 5.78. The van der Waals surface area contributed by atoms with E-state index in [9.17, 15) is 18.4 Å². The van der Waals surface area contributed by atoms with E-state index in [1.165, 1.54) is 0 Å². The van der Waals surface area contributed by atoms with Crippen LogP contribution in [0.2, 0.25) is 0 Å². The fraction of sp³-hybridized carbons (Fsp3) is 0.867. The van der Waals surface area contributed by atoms with Gasteiger partial charge in [0.1, 0.15) is 0 Å². The number of carbonyl (C=O) groups is 2. The maximum absolute atomic E-state index is 13.5. The minimum Gasteiger partial charge on any atom is -0.480 e. The number of likely N-dealkylation sites (N-methyl/N-ethyl adjacent to an activating group) is 1. The van der Waals surface area contributed by atoms with Crippen LogP contribution in [-0.2, 0) is 4.79 Å². The molecule has 6 nitrogen and oxygen atoms in total. The van der Waals surface area contributed by atoms with Crippen molar-refractivity contribution in [2.45, 2.75) is 57.0 Å². The molecule has 1 unspecified atom stereocenters. The van der Waals surface area contributed by atoms with E-state index in [1.807, 2.05) is 11.8 Å². The third-order valence-corrected chi connectivity index (χ3v) is 4.88. The van der Waals surface area contributed by atoms with Gasteiger partial charge >= 0.3 is 12.0 Å². The molecule has 2 rings (SSSR count). The predicted molar refractivity (Wildman–Crippen MR) is 80.5 cm³/mol. The van der Waals surface area contributed by atoms with Crippen LogP contribution in [0.4, 0.5) is 13.6 Å². The Hall–Kier alpha value is -1.44. The molecule has 0 spiro atoms. The number of carbonyl (C=O) groups excluding carboxylic acids is 1. The van der Waals surface area contributed by atoms with E-state index in [1.54, 1.807) is 0 Å². The van der Waals surface area contributed by atoms with Crippen molar-refractivity contribution in [2.24, 2.45) is 5.92 Å². The lowest BCUT2D eigenvalue weighted by molar-refractivity contribution is -0.139. The van der Waals surface area contributed by atoms with E-state index in [4.69, 9.17) is 5.11 Å². The summed E-state index contributed by atoms with van der Waals surface area (Å²) in [5.41, 5.74) is 0. The smallest absolute Gasteiger partial charge is 0.317 e. The summed E-state index contributed by atoms with van der Waals surface area (Å²) in [4.78, 5) is 24.4. The second-order valence-electron chi connectivity index (χ2n) is 6.48. The maximum atomic E-state index is 13.5. The number of amides is 2. The Balaban J connectivity index is 1.65. The average Bonchev–Trinajstić information content (AvgIpc) is 2.76. The molecule has 8 heteroatoms. The fourth-order valence-electron chi connectivity index (χ4n) is 3.38. The Labute approximate surface area is 134 Å². The monoisotopic (exact) mass is 333 g/mol. The number of alkyl halides is 2. The molecule has 3 N–H and O–H groups in total. The summed E-state index contributed by atoms with van der Waals surface area (Å²) < 4.78 is 26.9. The van der Waals surface area contributed by atoms with Crippen LogP contribution < -0.4 is 10.6 Å². The predicted octanol–water partition coefficient (Wildman–Crippen LogP) is 1.66. The lowest BCUT2D eigenvalue weighted by Crippen LogP contribution is -2.56. The zero-order valence-electron chi connectivity index (χ0n) is 13.4. The van der Waals surface area contributed by atoms with Crippen molar-refractivity contribution in [3.63, 3.8) is 0 Å². The van der Waals surface area contributed by atoms with Gasteiger partial charge in [-0.1, -0.05) is 6.92 Å². The van der Waals surface area contributed by atoms with Crippen LogP contribution in [0.15, 0.2) is 0 Å². The van der Waals surface area contributed by atoms with Crippen LogP contribution in [0.25, 0.3) is 0 Å². The van der Waals surface area contributed by atoms with Gasteiger partial charge in [0.25, 0.3) is 5.92 Å². The molecule has 2 saturated carbocycles. The molecule has 0 saturated heterocycles. The number of carboxylic acid groups (broad SMARTS) is 1. The van der Waals surface area contributed by atoms with Crippen LogP contribution in [0.5, 0.6) is 0 Å². The van der Waals surface area contributed by atoms with Gasteiger partial charge in [0.2, 0.25) is 0 Å². The van der Waals surface area contributed by atoms with E-state index >= 15 is 0 Å². The second-order valence-corrected chi connectivity index (χ2v) is 6.48. The van der Waals surface area contributed by atoms with Crippen molar-refractivity contribution >= 4 is 12.0 Å². The molecule has 0 heterocycles. The van der Waals surface area contributed by atoms with E-state index in [0.717, 1.165) is 0 Å². The summed E-state index contributed by atoms with van der Waals surface area (Å²) >= 11 is 0. The zero-order valence-corrected chi connectivity index (χ0v) is 13.4. The van der Waals surface area contributed by atoms with Crippen LogP contribution in [0.1, 0.15) is 39.0 Å². The highest BCUT2D eigenvalue weighted by Gasteiger charge is 2.43. The molecule has 0 aromatic rings. The van der Waals surface area contributed by atoms with Crippen molar-refractivity contribution in [1.29, 1.82) is 0 Å². The summed E-state index contributed by atoms with van der Waals surface area (Å²) in [7, 11) is 0. The molecule has 2 aliphatic rings. The first-order valence-electron chi connectivity index (χ1n) is 8.20. The highest BCUT2D eigenvalue weighted by molar-refractivity contribution is 5.74. The third-order valence-electron chi connectivity index (χ3n) is 4.88. The van der Waals surface area contributed by atoms with Gasteiger partial charge in [0, 0.05) is 31.0 Å². The SMILES string of the molecule is CCN(CC(=O)O)C1CC(NC(=O)NCC2CCCC2(F)F)C1. The van der Waals surface area contributed by atoms with Crippen molar-refractivity contribution in [3.05, 3.63) is 0 Å². The number of aliphatic carboxylic acids is 1. The van der Waals surface area contributed by atoms with Gasteiger partial charge < -0.3 is 15.7 Å². The number of urea groups is 1. The normalized spacial score (nSPS) is 29.1. The summed E-state index contributed by atoms with van der Waals surface area (Å²) in [5, 5.41) is 14.1. The Morgan fingerprint density at radius 3 is 2.57 bits per heavy atom. The van der Waals surface area contributed by atoms with Gasteiger partial charge in [0.15, 0.2) is 0 Å². The largest absolute Gasteiger partial charge is 0.480 e. The van der Waals surface area contributed by atoms with Crippen molar-refractivity contribution in [1.82, 2.24) is 15.5 Å². The molecular formula is C15H25F2N3O3. The second kappa shape index (κ2) is 7.42. The number of halogens is 2. The van der Waals surface area contributed by atoms with E-state index in [-0.39, 0.29) is 31.6 Å². The molecule has 1 atom stereocenters. The van der Waals surface area contributed by atoms with Crippen LogP contribution >= 0.6 is 0 Å². The Morgan fingerprint density at radius 1 is 1.35 bits per heavy atom. The standard InChI is InChI=1S/C15H25F2N3O3/c1-2-20(9-13(21)22)12-6-11(7-12)19-14(23)18-8-10-4-3-5-15(10,16)17/h10-12H,2-9H2,1H3,(H,21,22)(H2,18,19,23). The number of hydrogen-bond acceptors (Lipinski definition) is 3. The summed E-state index contributed by atoms with van der Waals surface area (Å²) in [6, 6.07) is -0.287. The highest BCUT2D eigenvalue weighted by Crippen LogP contribution is 2.39. The van der Waals surface area contributed by atoms with Gasteiger partial charge in [0.05, 0.1) is 6.54 Å². The molecule has 0 aromatic heterocycles. The quantitative estimate of drug-likeness (QED) is 0.662. The minimum absolute atomic E-state index is 0.00313. The molecule has 2 aliphatic carbocycles. The van der Waals surface area contributed by atoms with E-state index in [2.05, 4.69) is 10.6 Å². The topological polar surface area (TPSA) is 81.7 Å². The lowest BCUT2D eigenvalue weighted by Gasteiger charge is -2.42. The van der Waals surface area contributed by atoms with Crippen molar-refractivity contribution < 1.29 is 23.5 Å². The number of carboxylic acids is 1. The Morgan fingerprint density at radius 2 is 2.04 bits per heavy atom. The molecule has 0 bridgehead atoms. The van der Waals surface area contributed by atoms with Crippen LogP contribution in [0, 0.1) is 5.92 Å². The van der Waals surface area contributed by atoms with Crippen LogP contribution in [0.3, 0.4) is 0 Å². The molecule has 0 aliphatic heterocycles. The molecule has 2 fully saturated rings. The fourth-order valence-corrected chi connectivity index (χ4v) is 3.38. The van der Waals surface area contributed by atoms with Gasteiger partial charge in [-0.3, -0.25) is 9.69 Å². The molecule has 0 radical (unpaired) electrons. The molecule has 2 amide bonds. The third kappa shape index (κ3) is 4.76. The van der Waals surface area contributed by atoms with E-state index in [0.29, 0.717) is 32.2 Å². The minimum atomic E-state index is -2.67. The zero-order chi connectivity index (χ0) is 17.0. The molecule has 0 aromatic carbocycles. The maximum Gasteiger partial charge on any atom is 0.317 e. The first kappa shape index (κ1) is 17.9. The van der Waals surface area contributed by atoms with Crippen molar-refractivity contribution in [2.75, 3.05) is 19.6 Å². The first-order chi connectivity index (χ1) is 10.8. The highest BCUT2D eigenvalue weighted by atomic mass is 19.3. The van der Waals surface area contributed by atoms with Gasteiger partial charge in [-0.15, -0.1) is 0 Å². The molecule has 23 heavy (non-hydrogen) atoms. The number of nitrogens with zero attached hydrogens (tertiary/aromatic N) is 1. The molecule has 132 valence electrons. The Bertz CT molecular complexity index is 442. The summed E-state index contributed by atoms with van der Waals surface area (Å²) in [6.45, 7) is 2.54. The molecular weight excluding hydrogens is 308 g/mol. The number of hydrogen-bond donors (Lipinski definition) is 3. The number of nitrogens with one attached hydrogen (secondary N) is 2. The first-order valence-corrected chi connectivity index (χ1v) is 8.20. The lowest BCUT2D eigenvalue weighted by atomic mass is 9.85. The van der Waals surface area contributed by atoms with Gasteiger partial charge in [-0.05, 0) is 32.2 Å². The van der Waals surface area contributed by atoms with Crippen LogP contribution in [-0.4, -0.2) is 59.6 Å². The van der Waals surface area contributed by atoms with E-state index < -0.39 is 23.8 Å². The van der Waals surface area contributed by atoms with Gasteiger partial charge in [-0.2, -0.15) is 0 Å². The number of rotatable bonds is 7. The summed E-state index contributed by atoms with van der Waals surface area (Å²) in [6.07, 6.45) is 2.23. The van der Waals surface area contributed by atoms with Gasteiger partial charge in [-0.25, -0.2) is 13.6 Å².